The van der Waals surface area contributed by atoms with E-state index in [-0.39, 0.29) is 0 Å². The van der Waals surface area contributed by atoms with Crippen LogP contribution in [0.5, 0.6) is 5.75 Å². The largest absolute Gasteiger partial charge is 0.508 e. The molecule has 1 aromatic carbocycles. The maximum atomic E-state index is 9.36. The molecule has 4 heteroatoms. The molecule has 1 fully saturated rings. The van der Waals surface area contributed by atoms with E-state index in [4.69, 9.17) is 4.52 Å². The second-order valence-electron chi connectivity index (χ2n) is 5.76. The van der Waals surface area contributed by atoms with Gasteiger partial charge >= 0.3 is 0 Å². The van der Waals surface area contributed by atoms with Gasteiger partial charge in [0.2, 0.25) is 0 Å². The molecule has 2 heterocycles. The lowest BCUT2D eigenvalue weighted by atomic mass is 10.1. The monoisotopic (exact) mass is 286 g/mol. The van der Waals surface area contributed by atoms with Crippen molar-refractivity contribution in [2.45, 2.75) is 45.2 Å². The van der Waals surface area contributed by atoms with Gasteiger partial charge in [-0.2, -0.15) is 0 Å². The number of phenolic OH excluding ortho intramolecular Hbond substituents is 1. The summed E-state index contributed by atoms with van der Waals surface area (Å²) in [6, 6.07) is 9.93. The molecule has 1 atom stereocenters. The van der Waals surface area contributed by atoms with Crippen LogP contribution >= 0.6 is 0 Å². The van der Waals surface area contributed by atoms with E-state index in [1.165, 1.54) is 12.0 Å². The van der Waals surface area contributed by atoms with Crippen LogP contribution in [0.25, 0.3) is 0 Å². The number of benzene rings is 1. The van der Waals surface area contributed by atoms with Crippen LogP contribution in [0.4, 0.5) is 0 Å². The number of aromatic hydroxyl groups is 1. The maximum Gasteiger partial charge on any atom is 0.137 e. The number of aryl methyl sites for hydroxylation is 1. The molecular formula is C17H22N2O2. The minimum Gasteiger partial charge on any atom is -0.508 e. The molecular weight excluding hydrogens is 264 g/mol. The highest BCUT2D eigenvalue weighted by Crippen LogP contribution is 2.33. The summed E-state index contributed by atoms with van der Waals surface area (Å²) in [4.78, 5) is 2.44. The average Bonchev–Trinajstić information content (AvgIpc) is 3.11. The van der Waals surface area contributed by atoms with Crippen LogP contribution in [0.2, 0.25) is 0 Å². The molecule has 1 aliphatic rings. The summed E-state index contributed by atoms with van der Waals surface area (Å²) in [7, 11) is 0. The number of rotatable bonds is 5. The van der Waals surface area contributed by atoms with Crippen molar-refractivity contribution in [2.75, 3.05) is 6.54 Å². The van der Waals surface area contributed by atoms with Gasteiger partial charge in [0.1, 0.15) is 17.2 Å². The van der Waals surface area contributed by atoms with Crippen LogP contribution in [-0.4, -0.2) is 21.7 Å². The van der Waals surface area contributed by atoms with Gasteiger partial charge in [-0.25, -0.2) is 0 Å². The van der Waals surface area contributed by atoms with Gasteiger partial charge in [-0.3, -0.25) is 4.90 Å². The van der Waals surface area contributed by atoms with Crippen molar-refractivity contribution in [3.8, 4) is 5.75 Å². The quantitative estimate of drug-likeness (QED) is 0.911. The first kappa shape index (κ1) is 14.1. The molecule has 0 unspecified atom stereocenters. The standard InChI is InChI=1S/C17H22N2O2/c1-2-4-15-11-16(18-21-15)17-5-3-10-19(17)12-13-6-8-14(20)9-7-13/h6-9,11,17,20H,2-5,10,12H2,1H3/t17-/m1/s1. The molecule has 0 saturated carbocycles. The van der Waals surface area contributed by atoms with Gasteiger partial charge in [-0.1, -0.05) is 24.2 Å². The Morgan fingerprint density at radius 1 is 1.33 bits per heavy atom. The van der Waals surface area contributed by atoms with Crippen LogP contribution in [-0.2, 0) is 13.0 Å². The van der Waals surface area contributed by atoms with Crippen LogP contribution in [0.1, 0.15) is 49.2 Å². The highest BCUT2D eigenvalue weighted by Gasteiger charge is 2.28. The van der Waals surface area contributed by atoms with Crippen molar-refractivity contribution in [3.63, 3.8) is 0 Å². The third kappa shape index (κ3) is 3.27. The third-order valence-electron chi connectivity index (χ3n) is 4.10. The van der Waals surface area contributed by atoms with E-state index in [0.717, 1.165) is 43.8 Å². The van der Waals surface area contributed by atoms with Crippen molar-refractivity contribution >= 4 is 0 Å². The minimum absolute atomic E-state index is 0.317. The summed E-state index contributed by atoms with van der Waals surface area (Å²) in [5.41, 5.74) is 2.28. The molecule has 1 aromatic heterocycles. The molecule has 0 bridgehead atoms. The highest BCUT2D eigenvalue weighted by molar-refractivity contribution is 5.26. The molecule has 1 saturated heterocycles. The topological polar surface area (TPSA) is 49.5 Å². The fourth-order valence-electron chi connectivity index (χ4n) is 3.04. The van der Waals surface area contributed by atoms with E-state index < -0.39 is 0 Å². The highest BCUT2D eigenvalue weighted by atomic mass is 16.5. The van der Waals surface area contributed by atoms with E-state index in [9.17, 15) is 5.11 Å². The zero-order valence-corrected chi connectivity index (χ0v) is 12.5. The van der Waals surface area contributed by atoms with Gasteiger partial charge < -0.3 is 9.63 Å². The zero-order valence-electron chi connectivity index (χ0n) is 12.5. The number of nitrogens with zero attached hydrogens (tertiary/aromatic N) is 2. The van der Waals surface area contributed by atoms with Crippen LogP contribution < -0.4 is 0 Å². The Labute approximate surface area is 125 Å². The van der Waals surface area contributed by atoms with Gasteiger partial charge in [0.05, 0.1) is 6.04 Å². The second kappa shape index (κ2) is 6.31. The summed E-state index contributed by atoms with van der Waals surface area (Å²) in [5.74, 6) is 1.31. The van der Waals surface area contributed by atoms with Crippen molar-refractivity contribution in [2.24, 2.45) is 0 Å². The summed E-state index contributed by atoms with van der Waals surface area (Å²) in [6.07, 6.45) is 4.36. The Morgan fingerprint density at radius 3 is 2.90 bits per heavy atom. The summed E-state index contributed by atoms with van der Waals surface area (Å²) >= 11 is 0. The van der Waals surface area contributed by atoms with Crippen molar-refractivity contribution in [3.05, 3.63) is 47.3 Å². The number of likely N-dealkylation sites (tertiary alicyclic amines) is 1. The Balaban J connectivity index is 1.70. The SMILES string of the molecule is CCCc1cc([C@H]2CCCN2Cc2ccc(O)cc2)no1. The molecule has 3 rings (SSSR count). The smallest absolute Gasteiger partial charge is 0.137 e. The van der Waals surface area contributed by atoms with E-state index in [0.29, 0.717) is 11.8 Å². The molecule has 2 aromatic rings. The number of aromatic nitrogens is 1. The average molecular weight is 286 g/mol. The fraction of sp³-hybridized carbons (Fsp3) is 0.471. The van der Waals surface area contributed by atoms with Gasteiger partial charge in [0, 0.05) is 19.0 Å². The Bertz CT molecular complexity index is 577. The van der Waals surface area contributed by atoms with Crippen LogP contribution in [0, 0.1) is 0 Å². The predicted molar refractivity (Wildman–Crippen MR) is 81.0 cm³/mol. The van der Waals surface area contributed by atoms with Gasteiger partial charge in [0.25, 0.3) is 0 Å². The Hall–Kier alpha value is -1.81. The summed E-state index contributed by atoms with van der Waals surface area (Å²) in [5, 5.41) is 13.6. The Morgan fingerprint density at radius 2 is 2.14 bits per heavy atom. The molecule has 0 amide bonds. The minimum atomic E-state index is 0.317. The van der Waals surface area contributed by atoms with E-state index >= 15 is 0 Å². The van der Waals surface area contributed by atoms with Gasteiger partial charge in [-0.05, 0) is 43.5 Å². The fourth-order valence-corrected chi connectivity index (χ4v) is 3.04. The van der Waals surface area contributed by atoms with E-state index in [1.54, 1.807) is 12.1 Å². The second-order valence-corrected chi connectivity index (χ2v) is 5.76. The van der Waals surface area contributed by atoms with Gasteiger partial charge in [0.15, 0.2) is 0 Å². The number of hydrogen-bond donors (Lipinski definition) is 1. The number of phenols is 1. The molecule has 112 valence electrons. The lowest BCUT2D eigenvalue weighted by Gasteiger charge is -2.22. The first-order chi connectivity index (χ1) is 10.3. The molecule has 4 nitrogen and oxygen atoms in total. The first-order valence-electron chi connectivity index (χ1n) is 7.73. The Kier molecular flexibility index (Phi) is 4.25. The number of hydrogen-bond acceptors (Lipinski definition) is 4. The van der Waals surface area contributed by atoms with Crippen molar-refractivity contribution < 1.29 is 9.63 Å². The lowest BCUT2D eigenvalue weighted by molar-refractivity contribution is 0.236. The van der Waals surface area contributed by atoms with Crippen molar-refractivity contribution in [1.82, 2.24) is 10.1 Å². The normalized spacial score (nSPS) is 19.2. The van der Waals surface area contributed by atoms with E-state index in [1.807, 2.05) is 12.1 Å². The summed E-state index contributed by atoms with van der Waals surface area (Å²) < 4.78 is 5.42. The molecule has 1 N–H and O–H groups in total. The lowest BCUT2D eigenvalue weighted by Crippen LogP contribution is -2.22. The van der Waals surface area contributed by atoms with Crippen LogP contribution in [0.15, 0.2) is 34.9 Å². The summed E-state index contributed by atoms with van der Waals surface area (Å²) in [6.45, 7) is 4.12. The van der Waals surface area contributed by atoms with Crippen LogP contribution in [0.3, 0.4) is 0 Å². The first-order valence-corrected chi connectivity index (χ1v) is 7.73. The third-order valence-corrected chi connectivity index (χ3v) is 4.10. The van der Waals surface area contributed by atoms with Gasteiger partial charge in [-0.15, -0.1) is 0 Å². The maximum absolute atomic E-state index is 9.36. The predicted octanol–water partition coefficient (Wildman–Crippen LogP) is 3.67. The molecule has 0 aliphatic carbocycles. The zero-order chi connectivity index (χ0) is 14.7. The molecule has 1 aliphatic heterocycles. The molecule has 0 spiro atoms. The van der Waals surface area contributed by atoms with E-state index in [2.05, 4.69) is 23.0 Å². The van der Waals surface area contributed by atoms with Crippen molar-refractivity contribution in [1.29, 1.82) is 0 Å². The molecule has 0 radical (unpaired) electrons. The molecule has 21 heavy (non-hydrogen) atoms.